The molecule has 0 spiro atoms. The number of alkyl halides is 1. The topological polar surface area (TPSA) is 38.8 Å². The number of hydroxylamine groups is 1. The first kappa shape index (κ1) is 10.5. The molecule has 4 nitrogen and oxygen atoms in total. The van der Waals surface area contributed by atoms with Gasteiger partial charge in [0.1, 0.15) is 7.11 Å². The molecule has 0 atom stereocenters. The Hall–Kier alpha value is -1.62. The van der Waals surface area contributed by atoms with Gasteiger partial charge in [0.15, 0.2) is 0 Å². The molecular formula is C9H9FNO3. The highest BCUT2D eigenvalue weighted by atomic mass is 19.1. The van der Waals surface area contributed by atoms with Crippen molar-refractivity contribution in [1.29, 1.82) is 0 Å². The van der Waals surface area contributed by atoms with E-state index in [2.05, 4.69) is 16.7 Å². The van der Waals surface area contributed by atoms with Gasteiger partial charge in [0.2, 0.25) is 6.86 Å². The van der Waals surface area contributed by atoms with Crippen molar-refractivity contribution in [1.82, 2.24) is 0 Å². The van der Waals surface area contributed by atoms with Crippen LogP contribution in [0.4, 0.5) is 14.9 Å². The van der Waals surface area contributed by atoms with Crippen LogP contribution >= 0.6 is 0 Å². The quantitative estimate of drug-likeness (QED) is 0.699. The van der Waals surface area contributed by atoms with Crippen molar-refractivity contribution in [3.8, 4) is 0 Å². The molecule has 0 unspecified atom stereocenters. The standard InChI is InChI=1S/C9H9FNO3/c1-13-9(12)11(14-7-10)8-5-3-2-4-6-8/h2-6H,1,7H2. The number of nitrogens with zero attached hydrogens (tertiary/aromatic N) is 1. The summed E-state index contributed by atoms with van der Waals surface area (Å²) >= 11 is 0. The first-order valence-electron chi connectivity index (χ1n) is 3.79. The van der Waals surface area contributed by atoms with Gasteiger partial charge in [0.05, 0.1) is 5.69 Å². The number of ether oxygens (including phenoxy) is 1. The number of halogens is 1. The van der Waals surface area contributed by atoms with E-state index in [0.717, 1.165) is 0 Å². The summed E-state index contributed by atoms with van der Waals surface area (Å²) in [4.78, 5) is 15.5. The van der Waals surface area contributed by atoms with Gasteiger partial charge in [0.25, 0.3) is 0 Å². The Morgan fingerprint density at radius 1 is 1.43 bits per heavy atom. The first-order valence-corrected chi connectivity index (χ1v) is 3.79. The summed E-state index contributed by atoms with van der Waals surface area (Å²) in [5.41, 5.74) is 0.374. The van der Waals surface area contributed by atoms with Gasteiger partial charge in [-0.1, -0.05) is 18.2 Å². The summed E-state index contributed by atoms with van der Waals surface area (Å²) in [5, 5.41) is 0.688. The lowest BCUT2D eigenvalue weighted by Crippen LogP contribution is -2.30. The molecule has 14 heavy (non-hydrogen) atoms. The molecule has 1 radical (unpaired) electrons. The minimum Gasteiger partial charge on any atom is -0.444 e. The minimum absolute atomic E-state index is 0.374. The molecule has 1 amide bonds. The molecule has 1 aromatic rings. The highest BCUT2D eigenvalue weighted by molar-refractivity contribution is 5.85. The Morgan fingerprint density at radius 3 is 2.57 bits per heavy atom. The Labute approximate surface area is 80.8 Å². The van der Waals surface area contributed by atoms with Crippen LogP contribution in [0.3, 0.4) is 0 Å². The number of benzene rings is 1. The minimum atomic E-state index is -1.12. The monoisotopic (exact) mass is 198 g/mol. The average Bonchev–Trinajstić information content (AvgIpc) is 2.26. The predicted octanol–water partition coefficient (Wildman–Crippen LogP) is 2.28. The van der Waals surface area contributed by atoms with E-state index < -0.39 is 13.0 Å². The van der Waals surface area contributed by atoms with Crippen LogP contribution in [-0.2, 0) is 9.57 Å². The third-order valence-electron chi connectivity index (χ3n) is 1.46. The number of para-hydroxylation sites is 1. The van der Waals surface area contributed by atoms with Crippen molar-refractivity contribution in [3.05, 3.63) is 37.4 Å². The van der Waals surface area contributed by atoms with Crippen molar-refractivity contribution in [2.24, 2.45) is 0 Å². The van der Waals surface area contributed by atoms with Crippen LogP contribution in [0.1, 0.15) is 0 Å². The van der Waals surface area contributed by atoms with Crippen LogP contribution in [0, 0.1) is 7.11 Å². The lowest BCUT2D eigenvalue weighted by Gasteiger charge is -2.17. The zero-order valence-corrected chi connectivity index (χ0v) is 7.35. The maximum absolute atomic E-state index is 11.9. The van der Waals surface area contributed by atoms with Crippen molar-refractivity contribution in [2.75, 3.05) is 11.9 Å². The average molecular weight is 198 g/mol. The van der Waals surface area contributed by atoms with Gasteiger partial charge in [-0.3, -0.25) is 0 Å². The van der Waals surface area contributed by atoms with E-state index >= 15 is 0 Å². The van der Waals surface area contributed by atoms with Gasteiger partial charge in [-0.2, -0.15) is 5.06 Å². The molecule has 0 N–H and O–H groups in total. The SMILES string of the molecule is [CH2]OC(=O)N(OCF)c1ccccc1. The Morgan fingerprint density at radius 2 is 2.07 bits per heavy atom. The summed E-state index contributed by atoms with van der Waals surface area (Å²) < 4.78 is 16.1. The van der Waals surface area contributed by atoms with Crippen LogP contribution in [-0.4, -0.2) is 13.0 Å². The number of carbonyl (C=O) groups is 1. The second-order valence-electron chi connectivity index (χ2n) is 2.28. The highest BCUT2D eigenvalue weighted by Crippen LogP contribution is 2.14. The number of rotatable bonds is 3. The Balaban J connectivity index is 2.83. The largest absolute Gasteiger partial charge is 0.444 e. The molecule has 0 aliphatic rings. The number of hydrogen-bond acceptors (Lipinski definition) is 3. The molecule has 1 rings (SSSR count). The number of amides is 1. The smallest absolute Gasteiger partial charge is 0.439 e. The van der Waals surface area contributed by atoms with E-state index in [1.54, 1.807) is 30.3 Å². The summed E-state index contributed by atoms with van der Waals surface area (Å²) in [5.74, 6) is 0. The third-order valence-corrected chi connectivity index (χ3v) is 1.46. The molecule has 1 aromatic carbocycles. The van der Waals surface area contributed by atoms with Crippen molar-refractivity contribution in [2.45, 2.75) is 0 Å². The summed E-state index contributed by atoms with van der Waals surface area (Å²) in [6.07, 6.45) is -0.881. The van der Waals surface area contributed by atoms with Gasteiger partial charge in [-0.15, -0.1) is 0 Å². The van der Waals surface area contributed by atoms with Gasteiger partial charge >= 0.3 is 6.09 Å². The molecule has 0 fully saturated rings. The van der Waals surface area contributed by atoms with Crippen molar-refractivity contribution < 1.29 is 18.8 Å². The van der Waals surface area contributed by atoms with Gasteiger partial charge in [0, 0.05) is 0 Å². The van der Waals surface area contributed by atoms with Crippen molar-refractivity contribution >= 4 is 11.8 Å². The van der Waals surface area contributed by atoms with E-state index in [4.69, 9.17) is 0 Å². The second-order valence-corrected chi connectivity index (χ2v) is 2.28. The maximum Gasteiger partial charge on any atom is 0.439 e. The number of carbonyl (C=O) groups excluding carboxylic acids is 1. The van der Waals surface area contributed by atoms with E-state index in [1.165, 1.54) is 0 Å². The second kappa shape index (κ2) is 5.18. The van der Waals surface area contributed by atoms with E-state index in [9.17, 15) is 9.18 Å². The number of hydrogen-bond donors (Lipinski definition) is 0. The fourth-order valence-electron chi connectivity index (χ4n) is 0.903. The summed E-state index contributed by atoms with van der Waals surface area (Å²) in [7, 11) is 2.92. The van der Waals surface area contributed by atoms with E-state index in [0.29, 0.717) is 10.8 Å². The molecule has 75 valence electrons. The molecule has 0 bridgehead atoms. The summed E-state index contributed by atoms with van der Waals surface area (Å²) in [6.45, 7) is -1.12. The van der Waals surface area contributed by atoms with Crippen LogP contribution in [0.25, 0.3) is 0 Å². The third kappa shape index (κ3) is 2.43. The number of anilines is 1. The molecule has 5 heteroatoms. The lowest BCUT2D eigenvalue weighted by molar-refractivity contribution is 0.0369. The molecule has 0 saturated heterocycles. The molecule has 0 aromatic heterocycles. The maximum atomic E-state index is 11.9. The highest BCUT2D eigenvalue weighted by Gasteiger charge is 2.16. The van der Waals surface area contributed by atoms with Crippen molar-refractivity contribution in [3.63, 3.8) is 0 Å². The van der Waals surface area contributed by atoms with E-state index in [1.807, 2.05) is 0 Å². The Kier molecular flexibility index (Phi) is 3.87. The fourth-order valence-corrected chi connectivity index (χ4v) is 0.903. The van der Waals surface area contributed by atoms with Crippen LogP contribution in [0.2, 0.25) is 0 Å². The normalized spacial score (nSPS) is 9.57. The molecule has 0 heterocycles. The molecular weight excluding hydrogens is 189 g/mol. The van der Waals surface area contributed by atoms with Gasteiger partial charge < -0.3 is 4.74 Å². The molecule has 0 saturated carbocycles. The molecule has 0 aliphatic heterocycles. The van der Waals surface area contributed by atoms with Crippen LogP contribution in [0.15, 0.2) is 30.3 Å². The van der Waals surface area contributed by atoms with Gasteiger partial charge in [-0.05, 0) is 12.1 Å². The van der Waals surface area contributed by atoms with Crippen LogP contribution < -0.4 is 5.06 Å². The van der Waals surface area contributed by atoms with Gasteiger partial charge in [-0.25, -0.2) is 14.0 Å². The lowest BCUT2D eigenvalue weighted by atomic mass is 10.3. The van der Waals surface area contributed by atoms with E-state index in [-0.39, 0.29) is 0 Å². The van der Waals surface area contributed by atoms with Crippen LogP contribution in [0.5, 0.6) is 0 Å². The Bertz CT molecular complexity index is 291. The molecule has 0 aliphatic carbocycles. The first-order chi connectivity index (χ1) is 6.79. The predicted molar refractivity (Wildman–Crippen MR) is 47.8 cm³/mol. The zero-order valence-electron chi connectivity index (χ0n) is 7.35. The fraction of sp³-hybridized carbons (Fsp3) is 0.111. The summed E-state index contributed by atoms with van der Waals surface area (Å²) in [6, 6.07) is 8.27. The zero-order chi connectivity index (χ0) is 10.4.